The Kier molecular flexibility index (Phi) is 5.07. The van der Waals surface area contributed by atoms with Gasteiger partial charge in [0.1, 0.15) is 11.7 Å². The van der Waals surface area contributed by atoms with E-state index in [2.05, 4.69) is 10.4 Å². The Balaban J connectivity index is 2.11. The molecule has 0 bridgehead atoms. The van der Waals surface area contributed by atoms with E-state index in [0.29, 0.717) is 11.3 Å². The molecule has 27 heavy (non-hydrogen) atoms. The molecule has 0 saturated heterocycles. The monoisotopic (exact) mass is 362 g/mol. The van der Waals surface area contributed by atoms with E-state index in [9.17, 15) is 9.59 Å². The number of rotatable bonds is 5. The number of nitrogens with zero attached hydrogens (tertiary/aromatic N) is 2. The lowest BCUT2D eigenvalue weighted by molar-refractivity contribution is -0.119. The van der Waals surface area contributed by atoms with Crippen LogP contribution in [-0.2, 0) is 4.79 Å². The first-order chi connectivity index (χ1) is 12.9. The van der Waals surface area contributed by atoms with Crippen LogP contribution < -0.4 is 11.1 Å². The number of para-hydroxylation sites is 1. The zero-order valence-corrected chi connectivity index (χ0v) is 15.6. The van der Waals surface area contributed by atoms with Crippen molar-refractivity contribution in [1.82, 2.24) is 15.1 Å². The van der Waals surface area contributed by atoms with Crippen LogP contribution in [0, 0.1) is 13.8 Å². The third kappa shape index (κ3) is 3.89. The van der Waals surface area contributed by atoms with Crippen molar-refractivity contribution in [2.45, 2.75) is 26.8 Å². The molecule has 1 heterocycles. The molecule has 3 rings (SSSR count). The predicted octanol–water partition coefficient (Wildman–Crippen LogP) is 2.76. The summed E-state index contributed by atoms with van der Waals surface area (Å²) in [5.41, 5.74) is 10.1. The molecule has 0 aliphatic carbocycles. The molecule has 0 saturated carbocycles. The minimum atomic E-state index is -0.774. The van der Waals surface area contributed by atoms with Crippen LogP contribution in [-0.4, -0.2) is 27.6 Å². The summed E-state index contributed by atoms with van der Waals surface area (Å²) in [4.78, 5) is 24.1. The molecule has 3 N–H and O–H groups in total. The topological polar surface area (TPSA) is 90.0 Å². The number of hydrogen-bond donors (Lipinski definition) is 2. The van der Waals surface area contributed by atoms with E-state index in [1.54, 1.807) is 17.8 Å². The van der Waals surface area contributed by atoms with E-state index in [4.69, 9.17) is 5.73 Å². The van der Waals surface area contributed by atoms with Gasteiger partial charge in [-0.15, -0.1) is 0 Å². The van der Waals surface area contributed by atoms with E-state index in [1.807, 2.05) is 62.4 Å². The molecule has 1 aromatic heterocycles. The fourth-order valence-electron chi connectivity index (χ4n) is 2.88. The fourth-order valence-corrected chi connectivity index (χ4v) is 2.88. The standard InChI is InChI=1S/C21H22N4O2/c1-13-9-10-17(14(2)11-13)19-18(21(27)23-15(3)20(22)26)12-25(24-19)16-7-5-4-6-8-16/h4-12,15H,1-3H3,(H2,22,26)(H,23,27). The first-order valence-corrected chi connectivity index (χ1v) is 8.69. The highest BCUT2D eigenvalue weighted by Gasteiger charge is 2.22. The van der Waals surface area contributed by atoms with Gasteiger partial charge in [-0.2, -0.15) is 5.10 Å². The largest absolute Gasteiger partial charge is 0.368 e. The van der Waals surface area contributed by atoms with E-state index in [1.165, 1.54) is 0 Å². The van der Waals surface area contributed by atoms with Crippen molar-refractivity contribution in [1.29, 1.82) is 0 Å². The molecule has 0 radical (unpaired) electrons. The molecule has 0 aliphatic heterocycles. The fraction of sp³-hybridized carbons (Fsp3) is 0.190. The number of carbonyl (C=O) groups is 2. The van der Waals surface area contributed by atoms with E-state index in [-0.39, 0.29) is 0 Å². The number of carbonyl (C=O) groups excluding carboxylic acids is 2. The maximum Gasteiger partial charge on any atom is 0.255 e. The summed E-state index contributed by atoms with van der Waals surface area (Å²) in [6.07, 6.45) is 1.67. The van der Waals surface area contributed by atoms with Crippen molar-refractivity contribution >= 4 is 11.8 Å². The second kappa shape index (κ2) is 7.45. The summed E-state index contributed by atoms with van der Waals surface area (Å²) >= 11 is 0. The van der Waals surface area contributed by atoms with Crippen molar-refractivity contribution in [3.05, 3.63) is 71.4 Å². The molecule has 2 aromatic carbocycles. The van der Waals surface area contributed by atoms with Gasteiger partial charge in [0.25, 0.3) is 5.91 Å². The van der Waals surface area contributed by atoms with Crippen LogP contribution in [0.3, 0.4) is 0 Å². The van der Waals surface area contributed by atoms with Gasteiger partial charge in [0, 0.05) is 11.8 Å². The lowest BCUT2D eigenvalue weighted by atomic mass is 10.0. The van der Waals surface area contributed by atoms with Gasteiger partial charge in [-0.3, -0.25) is 9.59 Å². The lowest BCUT2D eigenvalue weighted by Gasteiger charge is -2.11. The van der Waals surface area contributed by atoms with Gasteiger partial charge in [-0.25, -0.2) is 4.68 Å². The van der Waals surface area contributed by atoms with Gasteiger partial charge >= 0.3 is 0 Å². The average molecular weight is 362 g/mol. The Morgan fingerprint density at radius 2 is 1.81 bits per heavy atom. The molecule has 3 aromatic rings. The molecule has 1 unspecified atom stereocenters. The van der Waals surface area contributed by atoms with Crippen molar-refractivity contribution < 1.29 is 9.59 Å². The number of amides is 2. The number of nitrogens with two attached hydrogens (primary N) is 1. The molecule has 0 spiro atoms. The van der Waals surface area contributed by atoms with E-state index >= 15 is 0 Å². The molecule has 2 amide bonds. The molecular formula is C21H22N4O2. The van der Waals surface area contributed by atoms with Crippen molar-refractivity contribution in [2.75, 3.05) is 0 Å². The first kappa shape index (κ1) is 18.4. The Morgan fingerprint density at radius 1 is 1.11 bits per heavy atom. The molecule has 0 aliphatic rings. The SMILES string of the molecule is Cc1ccc(-c2nn(-c3ccccc3)cc2C(=O)NC(C)C(N)=O)c(C)c1. The lowest BCUT2D eigenvalue weighted by Crippen LogP contribution is -2.42. The number of benzene rings is 2. The maximum atomic E-state index is 12.8. The number of nitrogens with one attached hydrogen (secondary N) is 1. The van der Waals surface area contributed by atoms with E-state index < -0.39 is 17.9 Å². The van der Waals surface area contributed by atoms with Crippen LogP contribution in [0.15, 0.2) is 54.7 Å². The number of aryl methyl sites for hydroxylation is 2. The number of primary amides is 1. The summed E-state index contributed by atoms with van der Waals surface area (Å²) in [7, 11) is 0. The summed E-state index contributed by atoms with van der Waals surface area (Å²) in [6.45, 7) is 5.55. The van der Waals surface area contributed by atoms with Gasteiger partial charge in [-0.1, -0.05) is 42.0 Å². The van der Waals surface area contributed by atoms with Crippen LogP contribution in [0.1, 0.15) is 28.4 Å². The third-order valence-corrected chi connectivity index (χ3v) is 4.39. The average Bonchev–Trinajstić information content (AvgIpc) is 3.07. The minimum absolute atomic E-state index is 0.388. The van der Waals surface area contributed by atoms with Crippen molar-refractivity contribution in [3.63, 3.8) is 0 Å². The normalized spacial score (nSPS) is 11.8. The second-order valence-electron chi connectivity index (χ2n) is 6.59. The first-order valence-electron chi connectivity index (χ1n) is 8.69. The van der Waals surface area contributed by atoms with Gasteiger partial charge < -0.3 is 11.1 Å². The van der Waals surface area contributed by atoms with Crippen LogP contribution in [0.2, 0.25) is 0 Å². The number of hydrogen-bond acceptors (Lipinski definition) is 3. The molecular weight excluding hydrogens is 340 g/mol. The van der Waals surface area contributed by atoms with Gasteiger partial charge in [0.2, 0.25) is 5.91 Å². The Bertz CT molecular complexity index is 993. The molecule has 6 heteroatoms. The number of aromatic nitrogens is 2. The van der Waals surface area contributed by atoms with Crippen LogP contribution in [0.4, 0.5) is 0 Å². The Morgan fingerprint density at radius 3 is 2.44 bits per heavy atom. The Hall–Kier alpha value is -3.41. The molecule has 138 valence electrons. The summed E-state index contributed by atoms with van der Waals surface area (Å²) in [5.74, 6) is -0.981. The van der Waals surface area contributed by atoms with Crippen molar-refractivity contribution in [2.24, 2.45) is 5.73 Å². The van der Waals surface area contributed by atoms with Crippen LogP contribution in [0.5, 0.6) is 0 Å². The zero-order chi connectivity index (χ0) is 19.6. The van der Waals surface area contributed by atoms with Crippen LogP contribution >= 0.6 is 0 Å². The maximum absolute atomic E-state index is 12.8. The third-order valence-electron chi connectivity index (χ3n) is 4.39. The minimum Gasteiger partial charge on any atom is -0.368 e. The molecule has 0 fully saturated rings. The molecule has 1 atom stereocenters. The van der Waals surface area contributed by atoms with Gasteiger partial charge in [-0.05, 0) is 38.5 Å². The quantitative estimate of drug-likeness (QED) is 0.731. The highest BCUT2D eigenvalue weighted by atomic mass is 16.2. The Labute approximate surface area is 158 Å². The van der Waals surface area contributed by atoms with Crippen LogP contribution in [0.25, 0.3) is 16.9 Å². The van der Waals surface area contributed by atoms with Crippen molar-refractivity contribution in [3.8, 4) is 16.9 Å². The highest BCUT2D eigenvalue weighted by Crippen LogP contribution is 2.27. The highest BCUT2D eigenvalue weighted by molar-refractivity contribution is 6.02. The predicted molar refractivity (Wildman–Crippen MR) is 105 cm³/mol. The van der Waals surface area contributed by atoms with Gasteiger partial charge in [0.05, 0.1) is 11.3 Å². The molecule has 6 nitrogen and oxygen atoms in total. The smallest absolute Gasteiger partial charge is 0.255 e. The summed E-state index contributed by atoms with van der Waals surface area (Å²) < 4.78 is 1.67. The second-order valence-corrected chi connectivity index (χ2v) is 6.59. The van der Waals surface area contributed by atoms with E-state index in [0.717, 1.165) is 22.4 Å². The zero-order valence-electron chi connectivity index (χ0n) is 15.6. The summed E-state index contributed by atoms with van der Waals surface area (Å²) in [6, 6.07) is 14.8. The summed E-state index contributed by atoms with van der Waals surface area (Å²) in [5, 5.41) is 7.29. The van der Waals surface area contributed by atoms with Gasteiger partial charge in [0.15, 0.2) is 0 Å².